The molecule has 2 unspecified atom stereocenters. The van der Waals surface area contributed by atoms with Crippen LogP contribution in [0.2, 0.25) is 0 Å². The van der Waals surface area contributed by atoms with Gasteiger partial charge in [-0.15, -0.1) is 0 Å². The Kier molecular flexibility index (Phi) is 7.55. The second-order valence-corrected chi connectivity index (χ2v) is 7.54. The van der Waals surface area contributed by atoms with Gasteiger partial charge in [0.05, 0.1) is 26.4 Å². The van der Waals surface area contributed by atoms with E-state index in [1.54, 1.807) is 0 Å². The lowest BCUT2D eigenvalue weighted by Crippen LogP contribution is -2.46. The van der Waals surface area contributed by atoms with Gasteiger partial charge in [-0.05, 0) is 26.2 Å². The van der Waals surface area contributed by atoms with Crippen LogP contribution in [0.25, 0.3) is 0 Å². The summed E-state index contributed by atoms with van der Waals surface area (Å²) in [5.74, 6) is 1.43. The minimum absolute atomic E-state index is 0.0344. The van der Waals surface area contributed by atoms with Crippen LogP contribution in [0.15, 0.2) is 4.99 Å². The zero-order valence-corrected chi connectivity index (χ0v) is 16.0. The van der Waals surface area contributed by atoms with Crippen molar-refractivity contribution in [1.29, 1.82) is 0 Å². The molecule has 2 atom stereocenters. The molecule has 7 heteroatoms. The number of guanidine groups is 1. The molecule has 0 bridgehead atoms. The number of aliphatic imine (C=N–C) groups is 1. The van der Waals surface area contributed by atoms with Crippen LogP contribution in [-0.2, 0) is 14.3 Å². The van der Waals surface area contributed by atoms with Gasteiger partial charge in [-0.2, -0.15) is 0 Å². The van der Waals surface area contributed by atoms with Crippen LogP contribution in [-0.4, -0.2) is 74.9 Å². The van der Waals surface area contributed by atoms with Crippen molar-refractivity contribution in [2.24, 2.45) is 10.9 Å². The molecule has 0 aromatic heterocycles. The molecule has 3 aliphatic rings. The Morgan fingerprint density at radius 3 is 2.77 bits per heavy atom. The van der Waals surface area contributed by atoms with Crippen molar-refractivity contribution >= 4 is 11.9 Å². The fraction of sp³-hybridized carbons (Fsp3) is 0.895. The standard InChI is InChI=1S/C19H34N4O3/c1-2-20-19(21-12-17-14-25-10-11-26-17)22-16-8-9-23(13-16)18(24)15-6-4-3-5-7-15/h15-17H,2-14H2,1H3,(H2,20,21,22). The van der Waals surface area contributed by atoms with Gasteiger partial charge >= 0.3 is 0 Å². The molecular weight excluding hydrogens is 332 g/mol. The van der Waals surface area contributed by atoms with Crippen LogP contribution in [0.4, 0.5) is 0 Å². The van der Waals surface area contributed by atoms with Gasteiger partial charge in [0.25, 0.3) is 0 Å². The summed E-state index contributed by atoms with van der Waals surface area (Å²) in [6, 6.07) is 0.267. The van der Waals surface area contributed by atoms with Crippen molar-refractivity contribution in [3.8, 4) is 0 Å². The quantitative estimate of drug-likeness (QED) is 0.564. The summed E-state index contributed by atoms with van der Waals surface area (Å²) < 4.78 is 11.1. The van der Waals surface area contributed by atoms with Crippen molar-refractivity contribution in [2.75, 3.05) is 46.0 Å². The zero-order chi connectivity index (χ0) is 18.2. The highest BCUT2D eigenvalue weighted by molar-refractivity contribution is 5.81. The van der Waals surface area contributed by atoms with E-state index in [-0.39, 0.29) is 18.1 Å². The lowest BCUT2D eigenvalue weighted by Gasteiger charge is -2.26. The summed E-state index contributed by atoms with van der Waals surface area (Å²) >= 11 is 0. The van der Waals surface area contributed by atoms with Gasteiger partial charge in [0.2, 0.25) is 5.91 Å². The van der Waals surface area contributed by atoms with Gasteiger partial charge in [-0.25, -0.2) is 0 Å². The third-order valence-electron chi connectivity index (χ3n) is 5.48. The molecule has 2 N–H and O–H groups in total. The lowest BCUT2D eigenvalue weighted by molar-refractivity contribution is -0.135. The van der Waals surface area contributed by atoms with E-state index in [1.165, 1.54) is 19.3 Å². The maximum atomic E-state index is 12.7. The van der Waals surface area contributed by atoms with Crippen molar-refractivity contribution < 1.29 is 14.3 Å². The van der Waals surface area contributed by atoms with Gasteiger partial charge in [0.1, 0.15) is 6.10 Å². The SMILES string of the molecule is CCNC(=NCC1COCCO1)NC1CCN(C(=O)C2CCCCC2)C1. The maximum absolute atomic E-state index is 12.7. The number of rotatable bonds is 5. The predicted molar refractivity (Wildman–Crippen MR) is 101 cm³/mol. The molecule has 1 saturated carbocycles. The van der Waals surface area contributed by atoms with E-state index >= 15 is 0 Å². The Labute approximate surface area is 156 Å². The van der Waals surface area contributed by atoms with Crippen molar-refractivity contribution in [3.63, 3.8) is 0 Å². The number of carbonyl (C=O) groups excluding carboxylic acids is 1. The maximum Gasteiger partial charge on any atom is 0.225 e. The van der Waals surface area contributed by atoms with Crippen LogP contribution in [0.3, 0.4) is 0 Å². The van der Waals surface area contributed by atoms with Crippen molar-refractivity contribution in [2.45, 2.75) is 57.6 Å². The predicted octanol–water partition coefficient (Wildman–Crippen LogP) is 1.14. The smallest absolute Gasteiger partial charge is 0.225 e. The zero-order valence-electron chi connectivity index (χ0n) is 16.0. The summed E-state index contributed by atoms with van der Waals surface area (Å²) in [6.07, 6.45) is 6.85. The third-order valence-corrected chi connectivity index (χ3v) is 5.48. The summed E-state index contributed by atoms with van der Waals surface area (Å²) in [6.45, 7) is 7.02. The van der Waals surface area contributed by atoms with Crippen LogP contribution >= 0.6 is 0 Å². The molecule has 7 nitrogen and oxygen atoms in total. The topological polar surface area (TPSA) is 75.2 Å². The minimum atomic E-state index is 0.0344. The van der Waals surface area contributed by atoms with Crippen LogP contribution in [0, 0.1) is 5.92 Å². The second-order valence-electron chi connectivity index (χ2n) is 7.54. The normalized spacial score (nSPS) is 28.2. The molecule has 1 aliphatic carbocycles. The van der Waals surface area contributed by atoms with E-state index in [1.807, 2.05) is 0 Å². The average Bonchev–Trinajstić information content (AvgIpc) is 3.16. The second kappa shape index (κ2) is 10.1. The number of hydrogen-bond donors (Lipinski definition) is 2. The third kappa shape index (κ3) is 5.58. The molecule has 0 aromatic carbocycles. The molecule has 2 aliphatic heterocycles. The fourth-order valence-corrected chi connectivity index (χ4v) is 4.03. The molecule has 26 heavy (non-hydrogen) atoms. The number of likely N-dealkylation sites (tertiary alicyclic amines) is 1. The molecule has 3 fully saturated rings. The molecule has 148 valence electrons. The number of nitrogens with zero attached hydrogens (tertiary/aromatic N) is 2. The van der Waals surface area contributed by atoms with Gasteiger partial charge in [0, 0.05) is 31.6 Å². The van der Waals surface area contributed by atoms with Crippen LogP contribution in [0.1, 0.15) is 45.4 Å². The van der Waals surface area contributed by atoms with Gasteiger partial charge in [-0.3, -0.25) is 9.79 Å². The van der Waals surface area contributed by atoms with E-state index in [9.17, 15) is 4.79 Å². The minimum Gasteiger partial charge on any atom is -0.376 e. The first-order chi connectivity index (χ1) is 12.8. The Morgan fingerprint density at radius 1 is 1.19 bits per heavy atom. The molecule has 0 spiro atoms. The number of hydrogen-bond acceptors (Lipinski definition) is 4. The number of carbonyl (C=O) groups is 1. The summed E-state index contributed by atoms with van der Waals surface area (Å²) in [5, 5.41) is 6.79. The highest BCUT2D eigenvalue weighted by atomic mass is 16.6. The first kappa shape index (κ1) is 19.4. The number of ether oxygens (including phenoxy) is 2. The van der Waals surface area contributed by atoms with Gasteiger partial charge in [-0.1, -0.05) is 19.3 Å². The van der Waals surface area contributed by atoms with Gasteiger partial charge in [0.15, 0.2) is 5.96 Å². The Hall–Kier alpha value is -1.34. The number of amides is 1. The molecule has 0 radical (unpaired) electrons. The average molecular weight is 367 g/mol. The molecular formula is C19H34N4O3. The number of nitrogens with one attached hydrogen (secondary N) is 2. The summed E-state index contributed by atoms with van der Waals surface area (Å²) in [5.41, 5.74) is 0. The molecule has 1 amide bonds. The van der Waals surface area contributed by atoms with Crippen molar-refractivity contribution in [1.82, 2.24) is 15.5 Å². The van der Waals surface area contributed by atoms with Crippen LogP contribution < -0.4 is 10.6 Å². The molecule has 2 heterocycles. The summed E-state index contributed by atoms with van der Waals surface area (Å²) in [7, 11) is 0. The first-order valence-electron chi connectivity index (χ1n) is 10.3. The van der Waals surface area contributed by atoms with E-state index in [4.69, 9.17) is 9.47 Å². The first-order valence-corrected chi connectivity index (χ1v) is 10.3. The van der Waals surface area contributed by atoms with Crippen molar-refractivity contribution in [3.05, 3.63) is 0 Å². The Bertz CT molecular complexity index is 473. The van der Waals surface area contributed by atoms with Gasteiger partial charge < -0.3 is 25.0 Å². The summed E-state index contributed by atoms with van der Waals surface area (Å²) in [4.78, 5) is 19.4. The Morgan fingerprint density at radius 2 is 2.04 bits per heavy atom. The lowest BCUT2D eigenvalue weighted by atomic mass is 9.88. The van der Waals surface area contributed by atoms with E-state index in [0.29, 0.717) is 32.3 Å². The van der Waals surface area contributed by atoms with E-state index in [0.717, 1.165) is 44.9 Å². The molecule has 2 saturated heterocycles. The van der Waals surface area contributed by atoms with E-state index < -0.39 is 0 Å². The fourth-order valence-electron chi connectivity index (χ4n) is 4.03. The highest BCUT2D eigenvalue weighted by Gasteiger charge is 2.31. The highest BCUT2D eigenvalue weighted by Crippen LogP contribution is 2.26. The van der Waals surface area contributed by atoms with E-state index in [2.05, 4.69) is 27.4 Å². The monoisotopic (exact) mass is 366 g/mol. The Balaban J connectivity index is 1.47. The van der Waals surface area contributed by atoms with Crippen LogP contribution in [0.5, 0.6) is 0 Å². The molecule has 3 rings (SSSR count). The molecule has 0 aromatic rings. The largest absolute Gasteiger partial charge is 0.376 e.